The molecule has 1 unspecified atom stereocenters. The molecular weight excluding hydrogens is 196 g/mol. The molecule has 1 saturated carbocycles. The van der Waals surface area contributed by atoms with Crippen molar-refractivity contribution in [2.45, 2.75) is 76.9 Å². The van der Waals surface area contributed by atoms with Crippen LogP contribution in [0.4, 0.5) is 0 Å². The van der Waals surface area contributed by atoms with Crippen LogP contribution in [0.3, 0.4) is 0 Å². The van der Waals surface area contributed by atoms with Gasteiger partial charge in [-0.2, -0.15) is 0 Å². The van der Waals surface area contributed by atoms with Crippen LogP contribution in [0.15, 0.2) is 0 Å². The fourth-order valence-corrected chi connectivity index (χ4v) is 3.22. The summed E-state index contributed by atoms with van der Waals surface area (Å²) in [6, 6.07) is 2.42. The molecule has 0 radical (unpaired) electrons. The van der Waals surface area contributed by atoms with Gasteiger partial charge in [-0.15, -0.1) is 0 Å². The smallest absolute Gasteiger partial charge is 0.00952 e. The van der Waals surface area contributed by atoms with E-state index < -0.39 is 0 Å². The second-order valence-corrected chi connectivity index (χ2v) is 5.72. The zero-order chi connectivity index (χ0) is 11.4. The van der Waals surface area contributed by atoms with Gasteiger partial charge in [0.1, 0.15) is 0 Å². The summed E-state index contributed by atoms with van der Waals surface area (Å²) in [5.41, 5.74) is 0. The molecular formula is C14H28N2. The Bertz CT molecular complexity index is 191. The van der Waals surface area contributed by atoms with E-state index in [1.165, 1.54) is 58.0 Å². The molecule has 2 aliphatic rings. The normalized spacial score (nSPS) is 27.4. The second-order valence-electron chi connectivity index (χ2n) is 5.72. The van der Waals surface area contributed by atoms with Crippen LogP contribution in [0.2, 0.25) is 0 Å². The molecule has 2 fully saturated rings. The summed E-state index contributed by atoms with van der Waals surface area (Å²) < 4.78 is 0. The van der Waals surface area contributed by atoms with Gasteiger partial charge in [-0.3, -0.25) is 0 Å². The number of nitrogens with zero attached hydrogens (tertiary/aromatic N) is 1. The fourth-order valence-electron chi connectivity index (χ4n) is 3.22. The van der Waals surface area contributed by atoms with Gasteiger partial charge in [0.15, 0.2) is 0 Å². The average molecular weight is 224 g/mol. The van der Waals surface area contributed by atoms with Crippen molar-refractivity contribution in [3.8, 4) is 0 Å². The maximum absolute atomic E-state index is 3.75. The molecule has 0 amide bonds. The monoisotopic (exact) mass is 224 g/mol. The van der Waals surface area contributed by atoms with Crippen LogP contribution in [0, 0.1) is 0 Å². The predicted octanol–water partition coefficient (Wildman–Crippen LogP) is 2.78. The molecule has 16 heavy (non-hydrogen) atoms. The third kappa shape index (κ3) is 3.21. The topological polar surface area (TPSA) is 15.3 Å². The van der Waals surface area contributed by atoms with Crippen LogP contribution >= 0.6 is 0 Å². The molecule has 0 bridgehead atoms. The highest BCUT2D eigenvalue weighted by atomic mass is 15.2. The maximum atomic E-state index is 3.75. The van der Waals surface area contributed by atoms with Crippen molar-refractivity contribution in [1.29, 1.82) is 0 Å². The molecule has 0 spiro atoms. The molecule has 2 rings (SSSR count). The summed E-state index contributed by atoms with van der Waals surface area (Å²) in [6.07, 6.45) is 9.84. The number of rotatable bonds is 4. The maximum Gasteiger partial charge on any atom is 0.00952 e. The van der Waals surface area contributed by atoms with Crippen LogP contribution < -0.4 is 5.32 Å². The summed E-state index contributed by atoms with van der Waals surface area (Å²) in [6.45, 7) is 7.24. The van der Waals surface area contributed by atoms with E-state index in [1.54, 1.807) is 0 Å². The van der Waals surface area contributed by atoms with Crippen molar-refractivity contribution in [3.05, 3.63) is 0 Å². The Hall–Kier alpha value is -0.0800. The van der Waals surface area contributed by atoms with E-state index in [9.17, 15) is 0 Å². The molecule has 1 saturated heterocycles. The lowest BCUT2D eigenvalue weighted by Gasteiger charge is -2.37. The van der Waals surface area contributed by atoms with Crippen molar-refractivity contribution in [1.82, 2.24) is 10.2 Å². The number of nitrogens with one attached hydrogen (secondary N) is 1. The van der Waals surface area contributed by atoms with E-state index in [-0.39, 0.29) is 0 Å². The predicted molar refractivity (Wildman–Crippen MR) is 69.7 cm³/mol. The molecule has 2 nitrogen and oxygen atoms in total. The van der Waals surface area contributed by atoms with Gasteiger partial charge in [0.25, 0.3) is 0 Å². The Labute approximate surface area is 101 Å². The molecule has 1 heterocycles. The molecule has 94 valence electrons. The van der Waals surface area contributed by atoms with Crippen LogP contribution in [0.1, 0.15) is 58.8 Å². The Kier molecular flexibility index (Phi) is 4.66. The van der Waals surface area contributed by atoms with E-state index in [0.717, 1.165) is 12.1 Å². The largest absolute Gasteiger partial charge is 0.311 e. The van der Waals surface area contributed by atoms with Gasteiger partial charge in [-0.25, -0.2) is 0 Å². The van der Waals surface area contributed by atoms with Crippen LogP contribution in [0.5, 0.6) is 0 Å². The lowest BCUT2D eigenvalue weighted by Crippen LogP contribution is -2.47. The van der Waals surface area contributed by atoms with Crippen LogP contribution in [-0.4, -0.2) is 36.1 Å². The van der Waals surface area contributed by atoms with Gasteiger partial charge >= 0.3 is 0 Å². The first-order chi connectivity index (χ1) is 7.79. The summed E-state index contributed by atoms with van der Waals surface area (Å²) in [5, 5.41) is 3.75. The molecule has 0 aromatic heterocycles. The lowest BCUT2D eigenvalue weighted by atomic mass is 10.0. The molecule has 0 aromatic carbocycles. The highest BCUT2D eigenvalue weighted by Crippen LogP contribution is 2.26. The zero-order valence-electron chi connectivity index (χ0n) is 11.0. The van der Waals surface area contributed by atoms with Gasteiger partial charge in [0.05, 0.1) is 0 Å². The molecule has 1 aliphatic heterocycles. The molecule has 1 aliphatic carbocycles. The minimum Gasteiger partial charge on any atom is -0.311 e. The summed E-state index contributed by atoms with van der Waals surface area (Å²) in [5.74, 6) is 0. The Balaban J connectivity index is 1.69. The van der Waals surface area contributed by atoms with Crippen molar-refractivity contribution in [2.24, 2.45) is 0 Å². The number of hydrogen-bond donors (Lipinski definition) is 1. The first-order valence-corrected chi connectivity index (χ1v) is 7.29. The van der Waals surface area contributed by atoms with Gasteiger partial charge in [0.2, 0.25) is 0 Å². The summed E-state index contributed by atoms with van der Waals surface area (Å²) in [7, 11) is 0. The number of piperidine rings is 1. The lowest BCUT2D eigenvalue weighted by molar-refractivity contribution is 0.141. The minimum absolute atomic E-state index is 0.697. The SMILES string of the molecule is CCC(C)NC1CCN(C2CCCC2)CC1. The number of hydrogen-bond acceptors (Lipinski definition) is 2. The van der Waals surface area contributed by atoms with E-state index in [2.05, 4.69) is 24.1 Å². The van der Waals surface area contributed by atoms with Crippen LogP contribution in [-0.2, 0) is 0 Å². The first-order valence-electron chi connectivity index (χ1n) is 7.29. The standard InChI is InChI=1S/C14H28N2/c1-3-12(2)15-13-8-10-16(11-9-13)14-6-4-5-7-14/h12-15H,3-11H2,1-2H3. The highest BCUT2D eigenvalue weighted by Gasteiger charge is 2.27. The van der Waals surface area contributed by atoms with Gasteiger partial charge in [-0.1, -0.05) is 19.8 Å². The second kappa shape index (κ2) is 6.02. The average Bonchev–Trinajstić information content (AvgIpc) is 2.83. The van der Waals surface area contributed by atoms with Crippen molar-refractivity contribution >= 4 is 0 Å². The van der Waals surface area contributed by atoms with Gasteiger partial charge < -0.3 is 10.2 Å². The van der Waals surface area contributed by atoms with Crippen LogP contribution in [0.25, 0.3) is 0 Å². The van der Waals surface area contributed by atoms with Crippen molar-refractivity contribution in [3.63, 3.8) is 0 Å². The van der Waals surface area contributed by atoms with Crippen molar-refractivity contribution in [2.75, 3.05) is 13.1 Å². The van der Waals surface area contributed by atoms with Gasteiger partial charge in [0, 0.05) is 18.1 Å². The Morgan fingerprint density at radius 3 is 2.31 bits per heavy atom. The molecule has 0 aromatic rings. The Morgan fingerprint density at radius 2 is 1.75 bits per heavy atom. The van der Waals surface area contributed by atoms with Crippen molar-refractivity contribution < 1.29 is 0 Å². The molecule has 1 N–H and O–H groups in total. The van der Waals surface area contributed by atoms with E-state index in [0.29, 0.717) is 6.04 Å². The molecule has 2 heteroatoms. The zero-order valence-corrected chi connectivity index (χ0v) is 11.0. The quantitative estimate of drug-likeness (QED) is 0.790. The Morgan fingerprint density at radius 1 is 1.12 bits per heavy atom. The molecule has 1 atom stereocenters. The third-order valence-electron chi connectivity index (χ3n) is 4.50. The van der Waals surface area contributed by atoms with Gasteiger partial charge in [-0.05, 0) is 52.1 Å². The van der Waals surface area contributed by atoms with E-state index in [4.69, 9.17) is 0 Å². The first kappa shape index (κ1) is 12.4. The summed E-state index contributed by atoms with van der Waals surface area (Å²) >= 11 is 0. The fraction of sp³-hybridized carbons (Fsp3) is 1.00. The highest BCUT2D eigenvalue weighted by molar-refractivity contribution is 4.84. The summed E-state index contributed by atoms with van der Waals surface area (Å²) in [4.78, 5) is 2.75. The van der Waals surface area contributed by atoms with E-state index >= 15 is 0 Å². The van der Waals surface area contributed by atoms with E-state index in [1.807, 2.05) is 0 Å². The third-order valence-corrected chi connectivity index (χ3v) is 4.50. The minimum atomic E-state index is 0.697. The number of likely N-dealkylation sites (tertiary alicyclic amines) is 1.